The van der Waals surface area contributed by atoms with Gasteiger partial charge in [-0.1, -0.05) is 63.3 Å². The molecule has 0 aliphatic heterocycles. The number of aromatic nitrogens is 2. The van der Waals surface area contributed by atoms with E-state index in [1.54, 1.807) is 36.4 Å². The molecule has 0 bridgehead atoms. The minimum absolute atomic E-state index is 0.236. The summed E-state index contributed by atoms with van der Waals surface area (Å²) in [5.74, 6) is -0.0264. The number of benzene rings is 2. The molecule has 0 saturated carbocycles. The largest absolute Gasteiger partial charge is 0.407 e. The Labute approximate surface area is 173 Å². The predicted molar refractivity (Wildman–Crippen MR) is 116 cm³/mol. The predicted octanol–water partition coefficient (Wildman–Crippen LogP) is 5.18. The Balaban J connectivity index is 1.77. The molecule has 0 atom stereocenters. The van der Waals surface area contributed by atoms with Gasteiger partial charge < -0.3 is 8.83 Å². The van der Waals surface area contributed by atoms with Crippen molar-refractivity contribution in [3.63, 3.8) is 0 Å². The molecule has 2 aromatic carbocycles. The average Bonchev–Trinajstić information content (AvgIpc) is 2.76. The first-order valence-electron chi connectivity index (χ1n) is 10.5. The van der Waals surface area contributed by atoms with Gasteiger partial charge in [-0.15, -0.1) is 0 Å². The topological polar surface area (TPSA) is 86.2 Å². The fraction of sp³-hybridized carbons (Fsp3) is 0.333. The highest BCUT2D eigenvalue weighted by Gasteiger charge is 2.25. The normalized spacial score (nSPS) is 11.5. The third-order valence-corrected chi connectivity index (χ3v) is 5.30. The van der Waals surface area contributed by atoms with Crippen molar-refractivity contribution in [2.75, 3.05) is 0 Å². The Bertz CT molecular complexity index is 1180. The van der Waals surface area contributed by atoms with Crippen LogP contribution in [0.3, 0.4) is 0 Å². The highest BCUT2D eigenvalue weighted by molar-refractivity contribution is 5.77. The van der Waals surface area contributed by atoms with Gasteiger partial charge in [0.2, 0.25) is 11.8 Å². The van der Waals surface area contributed by atoms with Crippen LogP contribution in [-0.2, 0) is 0 Å². The van der Waals surface area contributed by atoms with E-state index in [2.05, 4.69) is 16.9 Å². The van der Waals surface area contributed by atoms with Crippen LogP contribution < -0.4 is 11.3 Å². The molecule has 0 aliphatic carbocycles. The zero-order valence-corrected chi connectivity index (χ0v) is 17.0. The number of nitrogens with zero attached hydrogens (tertiary/aromatic N) is 2. The number of fused-ring (bicyclic) bond motifs is 2. The molecule has 0 saturated heterocycles. The van der Waals surface area contributed by atoms with E-state index < -0.39 is 17.2 Å². The van der Waals surface area contributed by atoms with Crippen molar-refractivity contribution in [3.05, 3.63) is 81.2 Å². The van der Waals surface area contributed by atoms with Crippen LogP contribution in [0.25, 0.3) is 21.8 Å². The van der Waals surface area contributed by atoms with Gasteiger partial charge in [0.15, 0.2) is 0 Å². The number of rotatable bonds is 8. The van der Waals surface area contributed by atoms with Crippen molar-refractivity contribution in [1.29, 1.82) is 0 Å². The molecule has 6 heteroatoms. The second-order valence-electron chi connectivity index (χ2n) is 7.47. The van der Waals surface area contributed by atoms with Crippen LogP contribution in [-0.4, -0.2) is 9.97 Å². The molecule has 0 fully saturated rings. The van der Waals surface area contributed by atoms with Gasteiger partial charge in [0.05, 0.1) is 21.8 Å². The molecule has 4 rings (SSSR count). The Kier molecular flexibility index (Phi) is 6.02. The maximum absolute atomic E-state index is 12.5. The lowest BCUT2D eigenvalue weighted by Crippen LogP contribution is -2.14. The molecule has 30 heavy (non-hydrogen) atoms. The highest BCUT2D eigenvalue weighted by Crippen LogP contribution is 2.28. The fourth-order valence-electron chi connectivity index (χ4n) is 3.67. The van der Waals surface area contributed by atoms with Crippen LogP contribution in [0, 0.1) is 0 Å². The molecule has 2 heterocycles. The quantitative estimate of drug-likeness (QED) is 0.376. The zero-order chi connectivity index (χ0) is 20.9. The molecule has 2 aromatic heterocycles. The van der Waals surface area contributed by atoms with Crippen LogP contribution >= 0.6 is 0 Å². The minimum atomic E-state index is -0.499. The number of unbranched alkanes of at least 4 members (excludes halogenated alkanes) is 4. The molecule has 0 amide bonds. The van der Waals surface area contributed by atoms with Gasteiger partial charge >= 0.3 is 11.3 Å². The van der Waals surface area contributed by atoms with E-state index in [9.17, 15) is 9.59 Å². The van der Waals surface area contributed by atoms with Gasteiger partial charge in [-0.05, 0) is 30.7 Å². The summed E-state index contributed by atoms with van der Waals surface area (Å²) in [7, 11) is 0. The summed E-state index contributed by atoms with van der Waals surface area (Å²) >= 11 is 0. The van der Waals surface area contributed by atoms with Crippen molar-refractivity contribution in [3.8, 4) is 0 Å². The van der Waals surface area contributed by atoms with Crippen LogP contribution in [0.5, 0.6) is 0 Å². The lowest BCUT2D eigenvalue weighted by molar-refractivity contribution is 0.348. The number of hydrogen-bond acceptors (Lipinski definition) is 6. The van der Waals surface area contributed by atoms with Crippen molar-refractivity contribution in [2.45, 2.75) is 51.4 Å². The van der Waals surface area contributed by atoms with E-state index in [0.717, 1.165) is 25.7 Å². The first kappa shape index (κ1) is 20.0. The highest BCUT2D eigenvalue weighted by atomic mass is 16.4. The van der Waals surface area contributed by atoms with E-state index in [-0.39, 0.29) is 11.8 Å². The second-order valence-corrected chi connectivity index (χ2v) is 7.47. The lowest BCUT2D eigenvalue weighted by Gasteiger charge is -2.14. The first-order chi connectivity index (χ1) is 14.7. The molecule has 0 unspecified atom stereocenters. The maximum Gasteiger partial charge on any atom is 0.346 e. The van der Waals surface area contributed by atoms with Gasteiger partial charge in [0.25, 0.3) is 0 Å². The average molecular weight is 404 g/mol. The van der Waals surface area contributed by atoms with Gasteiger partial charge in [0, 0.05) is 0 Å². The van der Waals surface area contributed by atoms with Crippen molar-refractivity contribution in [1.82, 2.24) is 9.97 Å². The van der Waals surface area contributed by atoms with Gasteiger partial charge in [-0.2, -0.15) is 0 Å². The van der Waals surface area contributed by atoms with Gasteiger partial charge in [-0.25, -0.2) is 19.6 Å². The summed E-state index contributed by atoms with van der Waals surface area (Å²) in [5.41, 5.74) is 0.218. The van der Waals surface area contributed by atoms with Crippen LogP contribution in [0.4, 0.5) is 0 Å². The number of para-hydroxylation sites is 2. The lowest BCUT2D eigenvalue weighted by atomic mass is 9.99. The van der Waals surface area contributed by atoms with E-state index in [1.807, 2.05) is 12.1 Å². The Morgan fingerprint density at radius 3 is 1.77 bits per heavy atom. The van der Waals surface area contributed by atoms with Gasteiger partial charge in [0.1, 0.15) is 5.92 Å². The molecule has 0 radical (unpaired) electrons. The molecule has 0 spiro atoms. The van der Waals surface area contributed by atoms with Crippen LogP contribution in [0.15, 0.2) is 67.0 Å². The molecular weight excluding hydrogens is 380 g/mol. The van der Waals surface area contributed by atoms with E-state index >= 15 is 0 Å². The molecular formula is C24H24N2O4. The SMILES string of the molecule is CCCCCCCC(c1nc2ccccc2c(=O)o1)c1nc2ccccc2c(=O)o1. The van der Waals surface area contributed by atoms with Crippen molar-refractivity contribution < 1.29 is 8.83 Å². The van der Waals surface area contributed by atoms with Crippen molar-refractivity contribution in [2.24, 2.45) is 0 Å². The number of hydrogen-bond donors (Lipinski definition) is 0. The monoisotopic (exact) mass is 404 g/mol. The maximum atomic E-state index is 12.5. The molecule has 0 aliphatic rings. The molecule has 6 nitrogen and oxygen atoms in total. The Morgan fingerprint density at radius 1 is 0.733 bits per heavy atom. The molecule has 4 aromatic rings. The summed E-state index contributed by atoms with van der Waals surface area (Å²) in [5, 5.41) is 0.853. The van der Waals surface area contributed by atoms with Crippen LogP contribution in [0.1, 0.15) is 63.1 Å². The van der Waals surface area contributed by atoms with Gasteiger partial charge in [-0.3, -0.25) is 0 Å². The van der Waals surface area contributed by atoms with E-state index in [0.29, 0.717) is 28.2 Å². The summed E-state index contributed by atoms with van der Waals surface area (Å²) in [6.07, 6.45) is 6.03. The first-order valence-corrected chi connectivity index (χ1v) is 10.5. The molecule has 0 N–H and O–H groups in total. The third kappa shape index (κ3) is 4.17. The standard InChI is InChI=1S/C24H24N2O4/c1-2-3-4-5-6-13-18(21-25-19-14-9-7-11-16(19)23(27)29-21)22-26-20-15-10-8-12-17(20)24(28)30-22/h7-12,14-15,18H,2-6,13H2,1H3. The minimum Gasteiger partial charge on any atom is -0.407 e. The Morgan fingerprint density at radius 2 is 1.23 bits per heavy atom. The molecule has 154 valence electrons. The summed E-state index contributed by atoms with van der Waals surface area (Å²) in [4.78, 5) is 34.2. The Hall–Kier alpha value is -3.28. The van der Waals surface area contributed by atoms with E-state index in [1.165, 1.54) is 6.42 Å². The second kappa shape index (κ2) is 9.03. The summed E-state index contributed by atoms with van der Waals surface area (Å²) in [6, 6.07) is 14.1. The van der Waals surface area contributed by atoms with Crippen molar-refractivity contribution >= 4 is 21.8 Å². The van der Waals surface area contributed by atoms with E-state index in [4.69, 9.17) is 8.83 Å². The summed E-state index contributed by atoms with van der Waals surface area (Å²) in [6.45, 7) is 2.17. The fourth-order valence-corrected chi connectivity index (χ4v) is 3.67. The zero-order valence-electron chi connectivity index (χ0n) is 17.0. The third-order valence-electron chi connectivity index (χ3n) is 5.30. The smallest absolute Gasteiger partial charge is 0.346 e. The van der Waals surface area contributed by atoms with Crippen LogP contribution in [0.2, 0.25) is 0 Å². The summed E-state index contributed by atoms with van der Waals surface area (Å²) < 4.78 is 11.1.